The number of benzene rings is 1. The van der Waals surface area contributed by atoms with Crippen molar-refractivity contribution >= 4 is 11.6 Å². The smallest absolute Gasteiger partial charge is 0.228 e. The first-order chi connectivity index (χ1) is 9.24. The fourth-order valence-corrected chi connectivity index (χ4v) is 2.33. The Bertz CT molecular complexity index is 580. The second-order valence-electron chi connectivity index (χ2n) is 4.73. The molecule has 1 aromatic carbocycles. The maximum Gasteiger partial charge on any atom is 0.228 e. The summed E-state index contributed by atoms with van der Waals surface area (Å²) in [7, 11) is 0. The number of aromatic nitrogens is 1. The summed E-state index contributed by atoms with van der Waals surface area (Å²) in [4.78, 5) is 17.8. The van der Waals surface area contributed by atoms with Crippen LogP contribution in [0, 0.1) is 0 Å². The number of pyridine rings is 1. The summed E-state index contributed by atoms with van der Waals surface area (Å²) in [6.45, 7) is 0.599. The van der Waals surface area contributed by atoms with E-state index >= 15 is 0 Å². The van der Waals surface area contributed by atoms with Crippen molar-refractivity contribution < 1.29 is 4.79 Å². The van der Waals surface area contributed by atoms with Gasteiger partial charge >= 0.3 is 0 Å². The lowest BCUT2D eigenvalue weighted by Crippen LogP contribution is -2.27. The first kappa shape index (κ1) is 11.9. The van der Waals surface area contributed by atoms with E-state index in [0.717, 1.165) is 16.9 Å². The molecule has 1 aliphatic heterocycles. The largest absolute Gasteiger partial charge is 0.326 e. The number of carbonyl (C=O) groups is 1. The molecule has 0 radical (unpaired) electrons. The monoisotopic (exact) mass is 253 g/mol. The number of rotatable bonds is 2. The first-order valence-electron chi connectivity index (χ1n) is 6.31. The third kappa shape index (κ3) is 2.35. The van der Waals surface area contributed by atoms with Crippen molar-refractivity contribution in [3.8, 4) is 11.3 Å². The Labute approximate surface area is 111 Å². The Morgan fingerprint density at radius 3 is 2.53 bits per heavy atom. The molecule has 1 aromatic heterocycles. The van der Waals surface area contributed by atoms with E-state index in [-0.39, 0.29) is 11.9 Å². The molecule has 2 N–H and O–H groups in total. The molecule has 3 rings (SSSR count). The minimum absolute atomic E-state index is 0.0528. The minimum Gasteiger partial charge on any atom is -0.326 e. The number of nitrogens with zero attached hydrogens (tertiary/aromatic N) is 2. The maximum atomic E-state index is 11.8. The van der Waals surface area contributed by atoms with Gasteiger partial charge in [-0.2, -0.15) is 0 Å². The van der Waals surface area contributed by atoms with Gasteiger partial charge in [0.25, 0.3) is 0 Å². The number of carbonyl (C=O) groups excluding carboxylic acids is 1. The van der Waals surface area contributed by atoms with Gasteiger partial charge < -0.3 is 10.6 Å². The summed E-state index contributed by atoms with van der Waals surface area (Å²) >= 11 is 0. The highest BCUT2D eigenvalue weighted by molar-refractivity contribution is 5.96. The molecule has 2 heterocycles. The zero-order chi connectivity index (χ0) is 13.2. The molecular formula is C15H15N3O. The minimum atomic E-state index is -0.0528. The Morgan fingerprint density at radius 1 is 1.16 bits per heavy atom. The number of nitrogens with two attached hydrogens (primary N) is 1. The van der Waals surface area contributed by atoms with Crippen LogP contribution in [0.3, 0.4) is 0 Å². The van der Waals surface area contributed by atoms with Crippen LogP contribution in [0.5, 0.6) is 0 Å². The van der Waals surface area contributed by atoms with E-state index in [0.29, 0.717) is 13.0 Å². The maximum absolute atomic E-state index is 11.8. The topological polar surface area (TPSA) is 59.2 Å². The molecule has 0 aliphatic carbocycles. The van der Waals surface area contributed by atoms with Crippen molar-refractivity contribution in [3.05, 3.63) is 48.7 Å². The van der Waals surface area contributed by atoms with Crippen LogP contribution in [0.1, 0.15) is 6.42 Å². The van der Waals surface area contributed by atoms with Crippen molar-refractivity contribution in [2.24, 2.45) is 5.73 Å². The lowest BCUT2D eigenvalue weighted by molar-refractivity contribution is -0.117. The van der Waals surface area contributed by atoms with E-state index < -0.39 is 0 Å². The standard InChI is InChI=1S/C15H15N3O/c16-12-9-15(19)18(10-12)13-6-4-11(5-7-13)14-3-1-2-8-17-14/h1-8,12H,9-10,16H2. The van der Waals surface area contributed by atoms with Crippen molar-refractivity contribution in [3.63, 3.8) is 0 Å². The molecule has 0 saturated carbocycles. The van der Waals surface area contributed by atoms with Gasteiger partial charge in [-0.15, -0.1) is 0 Å². The normalized spacial score (nSPS) is 18.9. The van der Waals surface area contributed by atoms with E-state index in [4.69, 9.17) is 5.73 Å². The van der Waals surface area contributed by atoms with Gasteiger partial charge in [-0.25, -0.2) is 0 Å². The van der Waals surface area contributed by atoms with Gasteiger partial charge in [0, 0.05) is 36.5 Å². The summed E-state index contributed by atoms with van der Waals surface area (Å²) in [6, 6.07) is 13.6. The van der Waals surface area contributed by atoms with Gasteiger partial charge in [0.05, 0.1) is 5.69 Å². The van der Waals surface area contributed by atoms with Gasteiger partial charge in [-0.05, 0) is 24.3 Å². The van der Waals surface area contributed by atoms with Gasteiger partial charge in [-0.1, -0.05) is 18.2 Å². The van der Waals surface area contributed by atoms with Crippen LogP contribution < -0.4 is 10.6 Å². The summed E-state index contributed by atoms with van der Waals surface area (Å²) in [6.07, 6.45) is 2.20. The molecule has 0 spiro atoms. The summed E-state index contributed by atoms with van der Waals surface area (Å²) in [5, 5.41) is 0. The Kier molecular flexibility index (Phi) is 3.01. The van der Waals surface area contributed by atoms with Crippen LogP contribution in [-0.4, -0.2) is 23.5 Å². The quantitative estimate of drug-likeness (QED) is 0.888. The SMILES string of the molecule is NC1CC(=O)N(c2ccc(-c3ccccn3)cc2)C1. The van der Waals surface area contributed by atoms with Crippen molar-refractivity contribution in [2.75, 3.05) is 11.4 Å². The Balaban J connectivity index is 1.86. The molecule has 2 aromatic rings. The van der Waals surface area contributed by atoms with Crippen molar-refractivity contribution in [1.29, 1.82) is 0 Å². The third-order valence-corrected chi connectivity index (χ3v) is 3.29. The third-order valence-electron chi connectivity index (χ3n) is 3.29. The molecule has 19 heavy (non-hydrogen) atoms. The number of hydrogen-bond acceptors (Lipinski definition) is 3. The van der Waals surface area contributed by atoms with E-state index in [1.165, 1.54) is 0 Å². The number of amides is 1. The van der Waals surface area contributed by atoms with Crippen LogP contribution in [0.15, 0.2) is 48.7 Å². The van der Waals surface area contributed by atoms with E-state index in [2.05, 4.69) is 4.98 Å². The van der Waals surface area contributed by atoms with Crippen LogP contribution in [-0.2, 0) is 4.79 Å². The molecule has 4 heteroatoms. The average molecular weight is 253 g/mol. The van der Waals surface area contributed by atoms with Crippen LogP contribution in [0.25, 0.3) is 11.3 Å². The summed E-state index contributed by atoms with van der Waals surface area (Å²) < 4.78 is 0. The molecular weight excluding hydrogens is 238 g/mol. The van der Waals surface area contributed by atoms with Crippen LogP contribution >= 0.6 is 0 Å². The highest BCUT2D eigenvalue weighted by atomic mass is 16.2. The number of anilines is 1. The molecule has 1 unspecified atom stereocenters. The summed E-state index contributed by atoms with van der Waals surface area (Å²) in [5.74, 6) is 0.0955. The fourth-order valence-electron chi connectivity index (χ4n) is 2.33. The molecule has 4 nitrogen and oxygen atoms in total. The lowest BCUT2D eigenvalue weighted by atomic mass is 10.1. The average Bonchev–Trinajstić information content (AvgIpc) is 2.79. The van der Waals surface area contributed by atoms with Gasteiger partial charge in [-0.3, -0.25) is 9.78 Å². The van der Waals surface area contributed by atoms with Gasteiger partial charge in [0.1, 0.15) is 0 Å². The van der Waals surface area contributed by atoms with Crippen molar-refractivity contribution in [1.82, 2.24) is 4.98 Å². The Morgan fingerprint density at radius 2 is 1.95 bits per heavy atom. The molecule has 1 amide bonds. The Hall–Kier alpha value is -2.20. The van der Waals surface area contributed by atoms with Crippen LogP contribution in [0.4, 0.5) is 5.69 Å². The molecule has 1 fully saturated rings. The highest BCUT2D eigenvalue weighted by Gasteiger charge is 2.27. The molecule has 1 aliphatic rings. The number of hydrogen-bond donors (Lipinski definition) is 1. The molecule has 0 bridgehead atoms. The predicted molar refractivity (Wildman–Crippen MR) is 74.6 cm³/mol. The molecule has 96 valence electrons. The summed E-state index contributed by atoms with van der Waals surface area (Å²) in [5.41, 5.74) is 8.67. The van der Waals surface area contributed by atoms with E-state index in [1.807, 2.05) is 42.5 Å². The van der Waals surface area contributed by atoms with E-state index in [1.54, 1.807) is 11.1 Å². The second-order valence-corrected chi connectivity index (χ2v) is 4.73. The first-order valence-corrected chi connectivity index (χ1v) is 6.31. The zero-order valence-corrected chi connectivity index (χ0v) is 10.5. The van der Waals surface area contributed by atoms with Crippen LogP contribution in [0.2, 0.25) is 0 Å². The second kappa shape index (κ2) is 4.82. The van der Waals surface area contributed by atoms with Gasteiger partial charge in [0.2, 0.25) is 5.91 Å². The predicted octanol–water partition coefficient (Wildman–Crippen LogP) is 1.81. The highest BCUT2D eigenvalue weighted by Crippen LogP contribution is 2.24. The molecule has 1 saturated heterocycles. The fraction of sp³-hybridized carbons (Fsp3) is 0.200. The van der Waals surface area contributed by atoms with Gasteiger partial charge in [0.15, 0.2) is 0 Å². The molecule has 1 atom stereocenters. The lowest BCUT2D eigenvalue weighted by Gasteiger charge is -2.16. The van der Waals surface area contributed by atoms with E-state index in [9.17, 15) is 4.79 Å². The zero-order valence-electron chi connectivity index (χ0n) is 10.5. The van der Waals surface area contributed by atoms with Crippen molar-refractivity contribution in [2.45, 2.75) is 12.5 Å².